The quantitative estimate of drug-likeness (QED) is 0.180. The molecule has 0 radical (unpaired) electrons. The molecule has 0 spiro atoms. The van der Waals surface area contributed by atoms with Crippen LogP contribution in [0.1, 0.15) is 55.9 Å². The van der Waals surface area contributed by atoms with E-state index in [0.717, 1.165) is 53.0 Å². The van der Waals surface area contributed by atoms with E-state index >= 15 is 0 Å². The summed E-state index contributed by atoms with van der Waals surface area (Å²) in [6, 6.07) is 23.9. The van der Waals surface area contributed by atoms with Gasteiger partial charge in [-0.25, -0.2) is 0 Å². The Morgan fingerprint density at radius 2 is 1.48 bits per heavy atom. The Balaban J connectivity index is 1.73. The number of allylic oxidation sites excluding steroid dienone is 1. The van der Waals surface area contributed by atoms with Gasteiger partial charge in [-0.2, -0.15) is 13.2 Å². The molecule has 0 aliphatic heterocycles. The van der Waals surface area contributed by atoms with Crippen LogP contribution >= 0.6 is 11.6 Å². The molecule has 220 valence electrons. The van der Waals surface area contributed by atoms with Gasteiger partial charge in [0, 0.05) is 24.1 Å². The first-order valence-electron chi connectivity index (χ1n) is 13.6. The van der Waals surface area contributed by atoms with E-state index < -0.39 is 17.3 Å². The Morgan fingerprint density at radius 1 is 0.857 bits per heavy atom. The molecule has 42 heavy (non-hydrogen) atoms. The molecule has 0 aromatic heterocycles. The molecule has 0 amide bonds. The van der Waals surface area contributed by atoms with Gasteiger partial charge in [0.15, 0.2) is 0 Å². The van der Waals surface area contributed by atoms with Crippen LogP contribution in [0.3, 0.4) is 0 Å². The lowest BCUT2D eigenvalue weighted by atomic mass is 9.90. The monoisotopic (exact) mass is 594 g/mol. The number of halogens is 4. The minimum absolute atomic E-state index is 0.0601. The molecule has 4 rings (SSSR count). The number of alkyl halides is 3. The van der Waals surface area contributed by atoms with Crippen LogP contribution in [0.15, 0.2) is 91.0 Å². The topological polar surface area (TPSA) is 55.7 Å². The first-order chi connectivity index (χ1) is 19.8. The SMILES string of the molecule is CCCC=C(c1ccc(N(C)c2ccc(O)cc2)cc1)c1cc(Nc2ccc(C(F)(F)F)cc2Cl)cc(C(C)(C)O)c1. The summed E-state index contributed by atoms with van der Waals surface area (Å²) in [4.78, 5) is 2.02. The lowest BCUT2D eigenvalue weighted by molar-refractivity contribution is -0.137. The molecule has 4 aromatic rings. The number of unbranched alkanes of at least 4 members (excludes halogenated alkanes) is 1. The van der Waals surface area contributed by atoms with Gasteiger partial charge in [-0.3, -0.25) is 0 Å². The van der Waals surface area contributed by atoms with Gasteiger partial charge in [-0.15, -0.1) is 0 Å². The highest BCUT2D eigenvalue weighted by Crippen LogP contribution is 2.37. The van der Waals surface area contributed by atoms with Gasteiger partial charge in [0.1, 0.15) is 5.75 Å². The van der Waals surface area contributed by atoms with Crippen molar-refractivity contribution in [2.24, 2.45) is 0 Å². The zero-order chi connectivity index (χ0) is 30.7. The van der Waals surface area contributed by atoms with Crippen LogP contribution in [0, 0.1) is 0 Å². The molecule has 0 bridgehead atoms. The molecule has 8 heteroatoms. The van der Waals surface area contributed by atoms with Crippen molar-refractivity contribution >= 4 is 39.9 Å². The summed E-state index contributed by atoms with van der Waals surface area (Å²) in [5.74, 6) is 0.205. The van der Waals surface area contributed by atoms with Crippen molar-refractivity contribution in [3.05, 3.63) is 118 Å². The molecular weight excluding hydrogens is 561 g/mol. The Labute approximate surface area is 249 Å². The third kappa shape index (κ3) is 7.46. The number of aliphatic hydroxyl groups is 1. The van der Waals surface area contributed by atoms with E-state index in [0.29, 0.717) is 16.9 Å². The molecule has 3 N–H and O–H groups in total. The Morgan fingerprint density at radius 3 is 2.02 bits per heavy atom. The van der Waals surface area contributed by atoms with Gasteiger partial charge in [0.05, 0.1) is 21.9 Å². The number of phenolic OH excluding ortho intramolecular Hbond substituents is 1. The van der Waals surface area contributed by atoms with Crippen LogP contribution in [0.5, 0.6) is 5.75 Å². The molecule has 4 aromatic carbocycles. The van der Waals surface area contributed by atoms with Crippen molar-refractivity contribution in [3.63, 3.8) is 0 Å². The second kappa shape index (κ2) is 12.5. The number of rotatable bonds is 9. The highest BCUT2D eigenvalue weighted by atomic mass is 35.5. The molecule has 0 heterocycles. The highest BCUT2D eigenvalue weighted by molar-refractivity contribution is 6.33. The second-order valence-corrected chi connectivity index (χ2v) is 11.1. The fraction of sp³-hybridized carbons (Fsp3) is 0.235. The van der Waals surface area contributed by atoms with Gasteiger partial charge in [-0.05, 0) is 115 Å². The maximum Gasteiger partial charge on any atom is 0.416 e. The van der Waals surface area contributed by atoms with Crippen molar-refractivity contribution in [2.45, 2.75) is 45.4 Å². The van der Waals surface area contributed by atoms with Crippen LogP contribution in [-0.4, -0.2) is 17.3 Å². The third-order valence-corrected chi connectivity index (χ3v) is 7.28. The smallest absolute Gasteiger partial charge is 0.416 e. The van der Waals surface area contributed by atoms with E-state index in [2.05, 4.69) is 18.3 Å². The molecule has 0 aliphatic carbocycles. The minimum Gasteiger partial charge on any atom is -0.508 e. The normalized spacial score (nSPS) is 12.4. The lowest BCUT2D eigenvalue weighted by Crippen LogP contribution is -2.16. The fourth-order valence-electron chi connectivity index (χ4n) is 4.54. The molecular formula is C34H34ClF3N2O2. The van der Waals surface area contributed by atoms with Crippen molar-refractivity contribution in [3.8, 4) is 5.75 Å². The number of benzene rings is 4. The van der Waals surface area contributed by atoms with E-state index in [1.165, 1.54) is 6.07 Å². The van der Waals surface area contributed by atoms with E-state index in [-0.39, 0.29) is 10.8 Å². The van der Waals surface area contributed by atoms with Gasteiger partial charge in [0.2, 0.25) is 0 Å². The standard InChI is InChI=1S/C34H34ClF3N2O2/c1-5-6-7-30(22-8-11-27(12-9-22)40(4)28-13-15-29(41)16-14-28)23-18-25(33(2,3)42)20-26(19-23)39-32-17-10-24(21-31(32)35)34(36,37)38/h7-21,39,41-42H,5-6H2,1-4H3. The predicted octanol–water partition coefficient (Wildman–Crippen LogP) is 10.0. The number of hydrogen-bond donors (Lipinski definition) is 3. The number of hydrogen-bond acceptors (Lipinski definition) is 4. The van der Waals surface area contributed by atoms with Crippen molar-refractivity contribution < 1.29 is 23.4 Å². The van der Waals surface area contributed by atoms with Crippen LogP contribution < -0.4 is 10.2 Å². The van der Waals surface area contributed by atoms with E-state index in [9.17, 15) is 23.4 Å². The van der Waals surface area contributed by atoms with Gasteiger partial charge >= 0.3 is 6.18 Å². The third-order valence-electron chi connectivity index (χ3n) is 6.97. The minimum atomic E-state index is -4.50. The van der Waals surface area contributed by atoms with Gasteiger partial charge in [0.25, 0.3) is 0 Å². The predicted molar refractivity (Wildman–Crippen MR) is 166 cm³/mol. The van der Waals surface area contributed by atoms with Gasteiger partial charge in [-0.1, -0.05) is 43.2 Å². The van der Waals surface area contributed by atoms with Crippen LogP contribution in [0.4, 0.5) is 35.9 Å². The van der Waals surface area contributed by atoms with Crippen LogP contribution in [0.2, 0.25) is 5.02 Å². The first-order valence-corrected chi connectivity index (χ1v) is 14.0. The zero-order valence-corrected chi connectivity index (χ0v) is 24.7. The average Bonchev–Trinajstić information content (AvgIpc) is 2.93. The maximum atomic E-state index is 13.2. The number of phenols is 1. The molecule has 0 fully saturated rings. The first kappa shape index (κ1) is 31.0. The number of nitrogens with zero attached hydrogens (tertiary/aromatic N) is 1. The molecule has 4 nitrogen and oxygen atoms in total. The number of aromatic hydroxyl groups is 1. The number of nitrogens with one attached hydrogen (secondary N) is 1. The summed E-state index contributed by atoms with van der Waals surface area (Å²) in [6.07, 6.45) is -0.589. The average molecular weight is 595 g/mol. The lowest BCUT2D eigenvalue weighted by Gasteiger charge is -2.23. The summed E-state index contributed by atoms with van der Waals surface area (Å²) in [6.45, 7) is 5.46. The van der Waals surface area contributed by atoms with Crippen molar-refractivity contribution in [1.82, 2.24) is 0 Å². The molecule has 0 saturated carbocycles. The van der Waals surface area contributed by atoms with Gasteiger partial charge < -0.3 is 20.4 Å². The van der Waals surface area contributed by atoms with E-state index in [1.807, 2.05) is 60.5 Å². The summed E-state index contributed by atoms with van der Waals surface area (Å²) in [7, 11) is 1.95. The maximum absolute atomic E-state index is 13.2. The summed E-state index contributed by atoms with van der Waals surface area (Å²) in [5, 5.41) is 23.6. The summed E-state index contributed by atoms with van der Waals surface area (Å²) in [5.41, 5.74) is 4.20. The van der Waals surface area contributed by atoms with Crippen molar-refractivity contribution in [1.29, 1.82) is 0 Å². The largest absolute Gasteiger partial charge is 0.508 e. The highest BCUT2D eigenvalue weighted by Gasteiger charge is 2.31. The Kier molecular flexibility index (Phi) is 9.24. The van der Waals surface area contributed by atoms with Crippen molar-refractivity contribution in [2.75, 3.05) is 17.3 Å². The Bertz CT molecular complexity index is 1560. The fourth-order valence-corrected chi connectivity index (χ4v) is 4.77. The molecule has 0 saturated heterocycles. The second-order valence-electron chi connectivity index (χ2n) is 10.7. The van der Waals surface area contributed by atoms with E-state index in [1.54, 1.807) is 32.0 Å². The Hall–Kier alpha value is -3.94. The summed E-state index contributed by atoms with van der Waals surface area (Å²) < 4.78 is 39.5. The number of anilines is 4. The zero-order valence-electron chi connectivity index (χ0n) is 23.9. The van der Waals surface area contributed by atoms with E-state index in [4.69, 9.17) is 11.6 Å². The molecule has 0 atom stereocenters. The molecule has 0 aliphatic rings. The molecule has 0 unspecified atom stereocenters. The summed E-state index contributed by atoms with van der Waals surface area (Å²) >= 11 is 6.23. The van der Waals surface area contributed by atoms with Crippen LogP contribution in [0.25, 0.3) is 5.57 Å². The van der Waals surface area contributed by atoms with Crippen LogP contribution in [-0.2, 0) is 11.8 Å².